The molecule has 146 valence electrons. The molecule has 0 bridgehead atoms. The van der Waals surface area contributed by atoms with E-state index < -0.39 is 0 Å². The molecule has 1 saturated heterocycles. The van der Waals surface area contributed by atoms with Crippen molar-refractivity contribution in [1.82, 2.24) is 20.0 Å². The first-order valence-electron chi connectivity index (χ1n) is 9.83. The molecule has 1 fully saturated rings. The van der Waals surface area contributed by atoms with Crippen molar-refractivity contribution in [2.45, 2.75) is 46.1 Å². The van der Waals surface area contributed by atoms with E-state index in [4.69, 9.17) is 11.6 Å². The highest BCUT2D eigenvalue weighted by Crippen LogP contribution is 2.21. The number of nitrogens with one attached hydrogen (secondary N) is 1. The fraction of sp³-hybridized carbons (Fsp3) is 0.524. The third kappa shape index (κ3) is 5.33. The molecule has 0 saturated carbocycles. The molecule has 0 atom stereocenters. The summed E-state index contributed by atoms with van der Waals surface area (Å²) in [6, 6.07) is 8.25. The van der Waals surface area contributed by atoms with Crippen LogP contribution in [0.2, 0.25) is 5.15 Å². The second-order valence-electron chi connectivity index (χ2n) is 7.41. The van der Waals surface area contributed by atoms with Crippen molar-refractivity contribution in [2.75, 3.05) is 26.2 Å². The van der Waals surface area contributed by atoms with E-state index in [-0.39, 0.29) is 5.91 Å². The highest BCUT2D eigenvalue weighted by Gasteiger charge is 2.20. The molecule has 1 N–H and O–H groups in total. The number of carbonyl (C=O) groups excluding carboxylic acids is 1. The summed E-state index contributed by atoms with van der Waals surface area (Å²) in [4.78, 5) is 15.1. The zero-order valence-corrected chi connectivity index (χ0v) is 17.1. The lowest BCUT2D eigenvalue weighted by atomic mass is 10.1. The van der Waals surface area contributed by atoms with Gasteiger partial charge >= 0.3 is 0 Å². The van der Waals surface area contributed by atoms with E-state index in [0.717, 1.165) is 18.5 Å². The molecule has 0 aliphatic carbocycles. The third-order valence-electron chi connectivity index (χ3n) is 5.13. The molecule has 1 amide bonds. The summed E-state index contributed by atoms with van der Waals surface area (Å²) in [7, 11) is 0. The minimum atomic E-state index is -0.133. The first-order valence-corrected chi connectivity index (χ1v) is 10.2. The van der Waals surface area contributed by atoms with Gasteiger partial charge < -0.3 is 10.2 Å². The average Bonchev–Trinajstić information content (AvgIpc) is 2.95. The van der Waals surface area contributed by atoms with Gasteiger partial charge in [0.15, 0.2) is 0 Å². The Balaban J connectivity index is 1.54. The second kappa shape index (κ2) is 9.38. The number of carbonyl (C=O) groups is 1. The van der Waals surface area contributed by atoms with Crippen LogP contribution in [0, 0.1) is 13.8 Å². The zero-order valence-electron chi connectivity index (χ0n) is 16.3. The smallest absolute Gasteiger partial charge is 0.256 e. The van der Waals surface area contributed by atoms with Gasteiger partial charge in [-0.3, -0.25) is 4.79 Å². The summed E-state index contributed by atoms with van der Waals surface area (Å²) in [5.74, 6) is -0.133. The molecule has 2 aromatic rings. The Bertz CT molecular complexity index is 763. The van der Waals surface area contributed by atoms with Crippen LogP contribution in [-0.4, -0.2) is 46.8 Å². The van der Waals surface area contributed by atoms with E-state index in [1.165, 1.54) is 37.9 Å². The van der Waals surface area contributed by atoms with Crippen molar-refractivity contribution in [3.63, 3.8) is 0 Å². The molecule has 1 aliphatic heterocycles. The van der Waals surface area contributed by atoms with Gasteiger partial charge in [-0.05, 0) is 58.3 Å². The second-order valence-corrected chi connectivity index (χ2v) is 7.76. The number of aryl methyl sites for hydroxylation is 2. The topological polar surface area (TPSA) is 50.2 Å². The van der Waals surface area contributed by atoms with Crippen LogP contribution in [0.1, 0.15) is 52.9 Å². The highest BCUT2D eigenvalue weighted by molar-refractivity contribution is 6.33. The minimum Gasteiger partial charge on any atom is -0.352 e. The summed E-state index contributed by atoms with van der Waals surface area (Å²) in [5.41, 5.74) is 3.48. The SMILES string of the molecule is Cc1ccc(Cn2nc(C)c(C(=O)NCCCN3CCCCC3)c2Cl)cc1. The minimum absolute atomic E-state index is 0.133. The quantitative estimate of drug-likeness (QED) is 0.734. The zero-order chi connectivity index (χ0) is 19.2. The number of benzene rings is 1. The molecule has 6 heteroatoms. The molecular formula is C21H29ClN4O. The van der Waals surface area contributed by atoms with Gasteiger partial charge in [0.1, 0.15) is 5.15 Å². The van der Waals surface area contributed by atoms with Crippen LogP contribution in [0.15, 0.2) is 24.3 Å². The average molecular weight is 389 g/mol. The molecule has 27 heavy (non-hydrogen) atoms. The fourth-order valence-electron chi connectivity index (χ4n) is 3.56. The molecule has 0 spiro atoms. The molecule has 0 radical (unpaired) electrons. The molecule has 3 rings (SSSR count). The Morgan fingerprint density at radius 1 is 1.15 bits per heavy atom. The van der Waals surface area contributed by atoms with Gasteiger partial charge in [0, 0.05) is 6.54 Å². The Morgan fingerprint density at radius 2 is 1.85 bits per heavy atom. The number of rotatable bonds is 7. The summed E-state index contributed by atoms with van der Waals surface area (Å²) in [6.07, 6.45) is 4.89. The normalized spacial score (nSPS) is 15.1. The number of aromatic nitrogens is 2. The molecule has 2 heterocycles. The number of likely N-dealkylation sites (tertiary alicyclic amines) is 1. The third-order valence-corrected chi connectivity index (χ3v) is 5.51. The van der Waals surface area contributed by atoms with Gasteiger partial charge in [-0.2, -0.15) is 5.10 Å². The number of halogens is 1. The van der Waals surface area contributed by atoms with Crippen LogP contribution < -0.4 is 5.32 Å². The molecule has 1 aromatic heterocycles. The Morgan fingerprint density at radius 3 is 2.56 bits per heavy atom. The van der Waals surface area contributed by atoms with Crippen molar-refractivity contribution >= 4 is 17.5 Å². The van der Waals surface area contributed by atoms with Crippen molar-refractivity contribution < 1.29 is 4.79 Å². The van der Waals surface area contributed by atoms with Gasteiger partial charge in [-0.15, -0.1) is 0 Å². The highest BCUT2D eigenvalue weighted by atomic mass is 35.5. The molecule has 1 aliphatic rings. The maximum absolute atomic E-state index is 12.6. The largest absolute Gasteiger partial charge is 0.352 e. The van der Waals surface area contributed by atoms with Gasteiger partial charge in [0.2, 0.25) is 0 Å². The van der Waals surface area contributed by atoms with Crippen molar-refractivity contribution in [3.05, 3.63) is 51.8 Å². The number of piperidine rings is 1. The van der Waals surface area contributed by atoms with E-state index >= 15 is 0 Å². The van der Waals surface area contributed by atoms with Crippen LogP contribution in [-0.2, 0) is 6.54 Å². The maximum atomic E-state index is 12.6. The Labute approximate surface area is 166 Å². The van der Waals surface area contributed by atoms with Crippen LogP contribution in [0.25, 0.3) is 0 Å². The van der Waals surface area contributed by atoms with Gasteiger partial charge in [0.25, 0.3) is 5.91 Å². The Hall–Kier alpha value is -1.85. The standard InChI is InChI=1S/C21H29ClN4O/c1-16-7-9-18(10-8-16)15-26-20(22)19(17(2)24-26)21(27)23-11-6-14-25-12-4-3-5-13-25/h7-10H,3-6,11-15H2,1-2H3,(H,23,27). The van der Waals surface area contributed by atoms with E-state index in [9.17, 15) is 4.79 Å². The van der Waals surface area contributed by atoms with Gasteiger partial charge in [-0.25, -0.2) is 4.68 Å². The first kappa shape index (κ1) is 19.9. The summed E-state index contributed by atoms with van der Waals surface area (Å²) >= 11 is 6.47. The number of amides is 1. The fourth-order valence-corrected chi connectivity index (χ4v) is 3.88. The lowest BCUT2D eigenvalue weighted by Gasteiger charge is -2.26. The molecule has 1 aromatic carbocycles. The summed E-state index contributed by atoms with van der Waals surface area (Å²) in [6.45, 7) is 8.52. The van der Waals surface area contributed by atoms with Crippen molar-refractivity contribution in [1.29, 1.82) is 0 Å². The number of hydrogen-bond donors (Lipinski definition) is 1. The van der Waals surface area contributed by atoms with Gasteiger partial charge in [0.05, 0.1) is 17.8 Å². The maximum Gasteiger partial charge on any atom is 0.256 e. The van der Waals surface area contributed by atoms with Crippen LogP contribution in [0.5, 0.6) is 0 Å². The lowest BCUT2D eigenvalue weighted by Crippen LogP contribution is -2.33. The van der Waals surface area contributed by atoms with Gasteiger partial charge in [-0.1, -0.05) is 47.9 Å². The molecule has 0 unspecified atom stereocenters. The summed E-state index contributed by atoms with van der Waals surface area (Å²) in [5, 5.41) is 7.87. The van der Waals surface area contributed by atoms with Crippen LogP contribution in [0.3, 0.4) is 0 Å². The monoisotopic (exact) mass is 388 g/mol. The predicted molar refractivity (Wildman–Crippen MR) is 109 cm³/mol. The number of hydrogen-bond acceptors (Lipinski definition) is 3. The number of nitrogens with zero attached hydrogens (tertiary/aromatic N) is 3. The Kier molecular flexibility index (Phi) is 6.91. The molecule has 5 nitrogen and oxygen atoms in total. The molecular weight excluding hydrogens is 360 g/mol. The van der Waals surface area contributed by atoms with Crippen molar-refractivity contribution in [3.8, 4) is 0 Å². The van der Waals surface area contributed by atoms with E-state index in [1.807, 2.05) is 6.92 Å². The van der Waals surface area contributed by atoms with E-state index in [1.54, 1.807) is 4.68 Å². The first-order chi connectivity index (χ1) is 13.0. The van der Waals surface area contributed by atoms with E-state index in [0.29, 0.717) is 29.5 Å². The van der Waals surface area contributed by atoms with E-state index in [2.05, 4.69) is 46.5 Å². The van der Waals surface area contributed by atoms with Crippen LogP contribution >= 0.6 is 11.6 Å². The summed E-state index contributed by atoms with van der Waals surface area (Å²) < 4.78 is 1.70. The van der Waals surface area contributed by atoms with Crippen LogP contribution in [0.4, 0.5) is 0 Å². The predicted octanol–water partition coefficient (Wildman–Crippen LogP) is 3.81. The lowest BCUT2D eigenvalue weighted by molar-refractivity contribution is 0.0950. The van der Waals surface area contributed by atoms with Crippen molar-refractivity contribution in [2.24, 2.45) is 0 Å².